The standard InChI is InChI=1S/C15H18FN7/c1-10(2)23-15(19-20-21-23)12-5-4-11(8-13(12)16)18-9-14-17-6-7-22(14)3/h4-8,10,18H,9H2,1-3H3. The molecule has 0 atom stereocenters. The third kappa shape index (κ3) is 3.05. The molecule has 7 nitrogen and oxygen atoms in total. The minimum absolute atomic E-state index is 0.0561. The van der Waals surface area contributed by atoms with Crippen LogP contribution in [0.4, 0.5) is 10.1 Å². The van der Waals surface area contributed by atoms with Crippen LogP contribution in [-0.4, -0.2) is 29.8 Å². The number of aromatic nitrogens is 6. The summed E-state index contributed by atoms with van der Waals surface area (Å²) in [5.74, 6) is 0.929. The van der Waals surface area contributed by atoms with Gasteiger partial charge in [-0.25, -0.2) is 14.1 Å². The van der Waals surface area contributed by atoms with E-state index in [1.165, 1.54) is 6.07 Å². The third-order valence-corrected chi connectivity index (χ3v) is 3.56. The summed E-state index contributed by atoms with van der Waals surface area (Å²) in [5, 5.41) is 14.6. The number of hydrogen-bond donors (Lipinski definition) is 1. The molecule has 0 saturated carbocycles. The van der Waals surface area contributed by atoms with Crippen LogP contribution in [0.15, 0.2) is 30.6 Å². The molecular weight excluding hydrogens is 297 g/mol. The first-order valence-electron chi connectivity index (χ1n) is 7.34. The summed E-state index contributed by atoms with van der Waals surface area (Å²) in [6, 6.07) is 4.99. The molecule has 3 rings (SSSR count). The third-order valence-electron chi connectivity index (χ3n) is 3.56. The van der Waals surface area contributed by atoms with Gasteiger partial charge in [0.1, 0.15) is 11.6 Å². The molecule has 3 aromatic rings. The average molecular weight is 315 g/mol. The highest BCUT2D eigenvalue weighted by molar-refractivity contribution is 5.60. The van der Waals surface area contributed by atoms with Crippen LogP contribution in [0.3, 0.4) is 0 Å². The number of tetrazole rings is 1. The van der Waals surface area contributed by atoms with Gasteiger partial charge in [0.25, 0.3) is 0 Å². The molecule has 0 bridgehead atoms. The van der Waals surface area contributed by atoms with Gasteiger partial charge in [-0.05, 0) is 42.5 Å². The highest BCUT2D eigenvalue weighted by Gasteiger charge is 2.15. The Kier molecular flexibility index (Phi) is 4.05. The number of hydrogen-bond acceptors (Lipinski definition) is 5. The molecule has 0 fully saturated rings. The van der Waals surface area contributed by atoms with Crippen molar-refractivity contribution in [2.45, 2.75) is 26.4 Å². The van der Waals surface area contributed by atoms with E-state index in [0.29, 0.717) is 23.6 Å². The Morgan fingerprint density at radius 3 is 2.78 bits per heavy atom. The lowest BCUT2D eigenvalue weighted by molar-refractivity contribution is 0.517. The summed E-state index contributed by atoms with van der Waals surface area (Å²) < 4.78 is 17.9. The molecule has 2 aromatic heterocycles. The number of aryl methyl sites for hydroxylation is 1. The Labute approximate surface area is 133 Å². The molecule has 0 spiro atoms. The number of nitrogens with zero attached hydrogens (tertiary/aromatic N) is 6. The Hall–Kier alpha value is -2.77. The molecule has 0 amide bonds. The van der Waals surface area contributed by atoms with Crippen molar-refractivity contribution in [2.24, 2.45) is 7.05 Å². The van der Waals surface area contributed by atoms with Crippen molar-refractivity contribution >= 4 is 5.69 Å². The van der Waals surface area contributed by atoms with E-state index in [0.717, 1.165) is 5.82 Å². The summed E-state index contributed by atoms with van der Waals surface area (Å²) in [6.45, 7) is 4.41. The van der Waals surface area contributed by atoms with Crippen LogP contribution < -0.4 is 5.32 Å². The predicted octanol–water partition coefficient (Wildman–Crippen LogP) is 2.41. The van der Waals surface area contributed by atoms with Crippen molar-refractivity contribution < 1.29 is 4.39 Å². The zero-order valence-electron chi connectivity index (χ0n) is 13.2. The van der Waals surface area contributed by atoms with Crippen molar-refractivity contribution in [3.05, 3.63) is 42.2 Å². The lowest BCUT2D eigenvalue weighted by Gasteiger charge is -2.10. The maximum Gasteiger partial charge on any atom is 0.185 e. The summed E-state index contributed by atoms with van der Waals surface area (Å²) in [4.78, 5) is 4.22. The van der Waals surface area contributed by atoms with Crippen molar-refractivity contribution in [2.75, 3.05) is 5.32 Å². The summed E-state index contributed by atoms with van der Waals surface area (Å²) in [7, 11) is 1.92. The second-order valence-corrected chi connectivity index (χ2v) is 5.54. The molecule has 0 aliphatic rings. The van der Waals surface area contributed by atoms with E-state index in [-0.39, 0.29) is 11.9 Å². The van der Waals surface area contributed by atoms with E-state index in [4.69, 9.17) is 0 Å². The van der Waals surface area contributed by atoms with Gasteiger partial charge in [-0.3, -0.25) is 0 Å². The molecule has 0 saturated heterocycles. The Morgan fingerprint density at radius 2 is 2.13 bits per heavy atom. The number of rotatable bonds is 5. The second kappa shape index (κ2) is 6.15. The van der Waals surface area contributed by atoms with Crippen molar-refractivity contribution in [1.82, 2.24) is 29.8 Å². The fourth-order valence-corrected chi connectivity index (χ4v) is 2.27. The molecule has 120 valence electrons. The van der Waals surface area contributed by atoms with Gasteiger partial charge in [-0.2, -0.15) is 0 Å². The number of anilines is 1. The van der Waals surface area contributed by atoms with Gasteiger partial charge in [0.05, 0.1) is 18.2 Å². The van der Waals surface area contributed by atoms with Crippen molar-refractivity contribution in [3.8, 4) is 11.4 Å². The molecule has 1 N–H and O–H groups in total. The van der Waals surface area contributed by atoms with Gasteiger partial charge in [0.15, 0.2) is 5.82 Å². The molecule has 0 aliphatic heterocycles. The topological polar surface area (TPSA) is 73.5 Å². The molecular formula is C15H18FN7. The first-order valence-corrected chi connectivity index (χ1v) is 7.34. The maximum absolute atomic E-state index is 14.4. The zero-order valence-corrected chi connectivity index (χ0v) is 13.2. The van der Waals surface area contributed by atoms with Crippen molar-refractivity contribution in [1.29, 1.82) is 0 Å². The van der Waals surface area contributed by atoms with Gasteiger partial charge in [0, 0.05) is 25.1 Å². The first-order chi connectivity index (χ1) is 11.1. The summed E-state index contributed by atoms with van der Waals surface area (Å²) in [6.07, 6.45) is 3.60. The fraction of sp³-hybridized carbons (Fsp3) is 0.333. The number of nitrogens with one attached hydrogen (secondary N) is 1. The van der Waals surface area contributed by atoms with Gasteiger partial charge >= 0.3 is 0 Å². The van der Waals surface area contributed by atoms with Crippen molar-refractivity contribution in [3.63, 3.8) is 0 Å². The van der Waals surface area contributed by atoms with Crippen LogP contribution in [0.2, 0.25) is 0 Å². The molecule has 0 aliphatic carbocycles. The predicted molar refractivity (Wildman–Crippen MR) is 84.1 cm³/mol. The van der Waals surface area contributed by atoms with E-state index in [1.54, 1.807) is 23.0 Å². The summed E-state index contributed by atoms with van der Waals surface area (Å²) in [5.41, 5.74) is 1.06. The summed E-state index contributed by atoms with van der Waals surface area (Å²) >= 11 is 0. The smallest absolute Gasteiger partial charge is 0.185 e. The number of halogens is 1. The van der Waals surface area contributed by atoms with E-state index < -0.39 is 0 Å². The molecule has 0 unspecified atom stereocenters. The van der Waals surface area contributed by atoms with Crippen LogP contribution in [0.25, 0.3) is 11.4 Å². The van der Waals surface area contributed by atoms with Crippen LogP contribution in [0, 0.1) is 5.82 Å². The zero-order chi connectivity index (χ0) is 16.4. The first kappa shape index (κ1) is 15.1. The molecule has 0 radical (unpaired) electrons. The van der Waals surface area contributed by atoms with Gasteiger partial charge in [0.2, 0.25) is 0 Å². The molecule has 1 aromatic carbocycles. The van der Waals surface area contributed by atoms with Gasteiger partial charge < -0.3 is 9.88 Å². The largest absolute Gasteiger partial charge is 0.378 e. The lowest BCUT2D eigenvalue weighted by Crippen LogP contribution is -2.07. The Balaban J connectivity index is 1.81. The molecule has 23 heavy (non-hydrogen) atoms. The SMILES string of the molecule is CC(C)n1nnnc1-c1ccc(NCc2nccn2C)cc1F. The Bertz CT molecular complexity index is 806. The molecule has 2 heterocycles. The Morgan fingerprint density at radius 1 is 1.30 bits per heavy atom. The lowest BCUT2D eigenvalue weighted by atomic mass is 10.1. The highest BCUT2D eigenvalue weighted by Crippen LogP contribution is 2.25. The van der Waals surface area contributed by atoms with E-state index in [9.17, 15) is 4.39 Å². The number of benzene rings is 1. The maximum atomic E-state index is 14.4. The quantitative estimate of drug-likeness (QED) is 0.782. The number of imidazole rings is 1. The monoisotopic (exact) mass is 315 g/mol. The normalized spacial score (nSPS) is 11.2. The molecule has 8 heteroatoms. The van der Waals surface area contributed by atoms with Crippen LogP contribution in [-0.2, 0) is 13.6 Å². The van der Waals surface area contributed by atoms with E-state index in [1.807, 2.05) is 31.7 Å². The van der Waals surface area contributed by atoms with E-state index >= 15 is 0 Å². The minimum atomic E-state index is -0.369. The van der Waals surface area contributed by atoms with Gasteiger partial charge in [-0.15, -0.1) is 5.10 Å². The van der Waals surface area contributed by atoms with Crippen LogP contribution >= 0.6 is 0 Å². The minimum Gasteiger partial charge on any atom is -0.378 e. The fourth-order valence-electron chi connectivity index (χ4n) is 2.27. The average Bonchev–Trinajstić information content (AvgIpc) is 3.14. The van der Waals surface area contributed by atoms with Gasteiger partial charge in [-0.1, -0.05) is 0 Å². The highest BCUT2D eigenvalue weighted by atomic mass is 19.1. The van der Waals surface area contributed by atoms with Crippen LogP contribution in [0.1, 0.15) is 25.7 Å². The second-order valence-electron chi connectivity index (χ2n) is 5.54. The van der Waals surface area contributed by atoms with E-state index in [2.05, 4.69) is 25.8 Å². The van der Waals surface area contributed by atoms with Crippen LogP contribution in [0.5, 0.6) is 0 Å².